The minimum Gasteiger partial charge on any atom is -0.497 e. The van der Waals surface area contributed by atoms with Crippen LogP contribution >= 0.6 is 0 Å². The summed E-state index contributed by atoms with van der Waals surface area (Å²) in [5, 5.41) is 9.68. The number of hydrogen-bond acceptors (Lipinski definition) is 3. The van der Waals surface area contributed by atoms with Crippen LogP contribution in [0, 0.1) is 11.3 Å². The Morgan fingerprint density at radius 3 is 2.54 bits per heavy atom. The molecule has 1 saturated carbocycles. The minimum absolute atomic E-state index is 0.326. The van der Waals surface area contributed by atoms with Crippen molar-refractivity contribution in [3.05, 3.63) is 48.0 Å². The molecular formula is C20H19N3O. The second-order valence-corrected chi connectivity index (χ2v) is 6.45. The number of rotatable bonds is 3. The molecule has 0 radical (unpaired) electrons. The average molecular weight is 317 g/mol. The number of methoxy groups -OCH3 is 1. The number of aromatic nitrogens is 2. The summed E-state index contributed by atoms with van der Waals surface area (Å²) in [6.45, 7) is 0. The van der Waals surface area contributed by atoms with E-state index in [2.05, 4.69) is 23.2 Å². The van der Waals surface area contributed by atoms with E-state index in [1.54, 1.807) is 7.11 Å². The van der Waals surface area contributed by atoms with Crippen LogP contribution < -0.4 is 4.74 Å². The van der Waals surface area contributed by atoms with Crippen molar-refractivity contribution in [1.82, 2.24) is 9.97 Å². The van der Waals surface area contributed by atoms with Gasteiger partial charge in [-0.15, -0.1) is 0 Å². The lowest BCUT2D eigenvalue weighted by atomic mass is 9.80. The number of nitriles is 1. The first-order chi connectivity index (χ1) is 11.7. The number of fused-ring (bicyclic) bond motifs is 1. The van der Waals surface area contributed by atoms with Crippen molar-refractivity contribution >= 4 is 11.0 Å². The summed E-state index contributed by atoms with van der Waals surface area (Å²) < 4.78 is 5.20. The predicted octanol–water partition coefficient (Wildman–Crippen LogP) is 4.57. The average Bonchev–Trinajstić information content (AvgIpc) is 3.28. The van der Waals surface area contributed by atoms with Gasteiger partial charge in [-0.05, 0) is 54.8 Å². The Morgan fingerprint density at radius 1 is 1.12 bits per heavy atom. The van der Waals surface area contributed by atoms with Gasteiger partial charge < -0.3 is 9.72 Å². The zero-order valence-corrected chi connectivity index (χ0v) is 13.7. The first-order valence-electron chi connectivity index (χ1n) is 8.30. The lowest BCUT2D eigenvalue weighted by molar-refractivity contribution is 0.415. The van der Waals surface area contributed by atoms with Crippen LogP contribution in [0.5, 0.6) is 5.75 Å². The molecule has 1 aliphatic rings. The third-order valence-electron chi connectivity index (χ3n) is 5.07. The van der Waals surface area contributed by atoms with Crippen LogP contribution in [-0.2, 0) is 5.41 Å². The number of H-pyrrole nitrogens is 1. The van der Waals surface area contributed by atoms with Crippen molar-refractivity contribution in [2.45, 2.75) is 31.1 Å². The summed E-state index contributed by atoms with van der Waals surface area (Å²) in [7, 11) is 1.66. The van der Waals surface area contributed by atoms with Gasteiger partial charge in [0.05, 0.1) is 29.6 Å². The zero-order valence-electron chi connectivity index (χ0n) is 13.7. The van der Waals surface area contributed by atoms with E-state index in [0.717, 1.165) is 59.4 Å². The summed E-state index contributed by atoms with van der Waals surface area (Å²) in [5.41, 5.74) is 3.70. The molecule has 1 heterocycles. The zero-order chi connectivity index (χ0) is 16.6. The molecule has 0 amide bonds. The van der Waals surface area contributed by atoms with E-state index in [1.165, 1.54) is 0 Å². The van der Waals surface area contributed by atoms with Gasteiger partial charge in [0.1, 0.15) is 11.6 Å². The fourth-order valence-corrected chi connectivity index (χ4v) is 3.63. The van der Waals surface area contributed by atoms with Gasteiger partial charge >= 0.3 is 0 Å². The Labute approximate surface area is 141 Å². The molecule has 1 aromatic heterocycles. The van der Waals surface area contributed by atoms with E-state index < -0.39 is 0 Å². The summed E-state index contributed by atoms with van der Waals surface area (Å²) in [4.78, 5) is 8.09. The standard InChI is InChI=1S/C20H19N3O/c1-24-16-7-4-14(5-8-16)19-22-17-9-6-15(12-18(17)23-19)20(13-21)10-2-3-11-20/h4-9,12H,2-3,10-11H2,1H3,(H,22,23). The Balaban J connectivity index is 1.74. The van der Waals surface area contributed by atoms with E-state index in [1.807, 2.05) is 30.3 Å². The number of ether oxygens (including phenoxy) is 1. The van der Waals surface area contributed by atoms with Crippen molar-refractivity contribution in [3.63, 3.8) is 0 Å². The van der Waals surface area contributed by atoms with Crippen molar-refractivity contribution in [3.8, 4) is 23.2 Å². The quantitative estimate of drug-likeness (QED) is 0.769. The molecule has 0 saturated heterocycles. The summed E-state index contributed by atoms with van der Waals surface area (Å²) in [6.07, 6.45) is 4.15. The molecule has 0 bridgehead atoms. The Hall–Kier alpha value is -2.80. The highest BCUT2D eigenvalue weighted by molar-refractivity contribution is 5.80. The maximum atomic E-state index is 9.68. The molecule has 120 valence electrons. The third-order valence-corrected chi connectivity index (χ3v) is 5.07. The fraction of sp³-hybridized carbons (Fsp3) is 0.300. The fourth-order valence-electron chi connectivity index (χ4n) is 3.63. The van der Waals surface area contributed by atoms with Gasteiger partial charge in [0.15, 0.2) is 0 Å². The van der Waals surface area contributed by atoms with Gasteiger partial charge in [0, 0.05) is 5.56 Å². The van der Waals surface area contributed by atoms with E-state index in [9.17, 15) is 5.26 Å². The van der Waals surface area contributed by atoms with E-state index >= 15 is 0 Å². The lowest BCUT2D eigenvalue weighted by Crippen LogP contribution is -2.18. The van der Waals surface area contributed by atoms with Gasteiger partial charge in [0.25, 0.3) is 0 Å². The largest absolute Gasteiger partial charge is 0.497 e. The number of benzene rings is 2. The van der Waals surface area contributed by atoms with Crippen molar-refractivity contribution < 1.29 is 4.74 Å². The SMILES string of the molecule is COc1ccc(-c2nc3cc(C4(C#N)CCCC4)ccc3[nH]2)cc1. The van der Waals surface area contributed by atoms with E-state index in [4.69, 9.17) is 9.72 Å². The van der Waals surface area contributed by atoms with E-state index in [-0.39, 0.29) is 5.41 Å². The van der Waals surface area contributed by atoms with Gasteiger partial charge in [-0.25, -0.2) is 4.98 Å². The molecule has 4 rings (SSSR count). The molecule has 0 unspecified atom stereocenters. The Kier molecular flexibility index (Phi) is 3.50. The lowest BCUT2D eigenvalue weighted by Gasteiger charge is -2.20. The molecule has 4 heteroatoms. The van der Waals surface area contributed by atoms with Gasteiger partial charge in [-0.1, -0.05) is 18.9 Å². The van der Waals surface area contributed by atoms with Crippen LogP contribution in [0.4, 0.5) is 0 Å². The Bertz CT molecular complexity index is 912. The molecule has 4 nitrogen and oxygen atoms in total. The number of hydrogen-bond donors (Lipinski definition) is 1. The van der Waals surface area contributed by atoms with Crippen molar-refractivity contribution in [2.24, 2.45) is 0 Å². The molecule has 1 aliphatic carbocycles. The predicted molar refractivity (Wildman–Crippen MR) is 93.8 cm³/mol. The van der Waals surface area contributed by atoms with Crippen LogP contribution in [0.15, 0.2) is 42.5 Å². The second-order valence-electron chi connectivity index (χ2n) is 6.45. The highest BCUT2D eigenvalue weighted by Gasteiger charge is 2.36. The molecular weight excluding hydrogens is 298 g/mol. The van der Waals surface area contributed by atoms with Crippen LogP contribution in [0.1, 0.15) is 31.2 Å². The highest BCUT2D eigenvalue weighted by atomic mass is 16.5. The monoisotopic (exact) mass is 317 g/mol. The van der Waals surface area contributed by atoms with Crippen LogP contribution in [0.2, 0.25) is 0 Å². The maximum Gasteiger partial charge on any atom is 0.138 e. The van der Waals surface area contributed by atoms with Gasteiger partial charge in [-0.3, -0.25) is 0 Å². The highest BCUT2D eigenvalue weighted by Crippen LogP contribution is 2.41. The Morgan fingerprint density at radius 2 is 1.88 bits per heavy atom. The summed E-state index contributed by atoms with van der Waals surface area (Å²) >= 11 is 0. The molecule has 0 atom stereocenters. The van der Waals surface area contributed by atoms with Crippen LogP contribution in [-0.4, -0.2) is 17.1 Å². The molecule has 24 heavy (non-hydrogen) atoms. The second kappa shape index (κ2) is 5.68. The first-order valence-corrected chi connectivity index (χ1v) is 8.30. The van der Waals surface area contributed by atoms with Crippen LogP contribution in [0.25, 0.3) is 22.4 Å². The number of imidazole rings is 1. The molecule has 0 spiro atoms. The number of nitrogens with one attached hydrogen (secondary N) is 1. The molecule has 0 aliphatic heterocycles. The molecule has 1 N–H and O–H groups in total. The van der Waals surface area contributed by atoms with Crippen LogP contribution in [0.3, 0.4) is 0 Å². The number of aromatic amines is 1. The first kappa shape index (κ1) is 14.8. The summed E-state index contributed by atoms with van der Waals surface area (Å²) in [5.74, 6) is 1.66. The molecule has 1 fully saturated rings. The van der Waals surface area contributed by atoms with E-state index in [0.29, 0.717) is 0 Å². The van der Waals surface area contributed by atoms with Crippen molar-refractivity contribution in [2.75, 3.05) is 7.11 Å². The minimum atomic E-state index is -0.326. The molecule has 3 aromatic rings. The smallest absolute Gasteiger partial charge is 0.138 e. The van der Waals surface area contributed by atoms with Crippen molar-refractivity contribution in [1.29, 1.82) is 5.26 Å². The third kappa shape index (κ3) is 2.33. The normalized spacial score (nSPS) is 16.2. The molecule has 2 aromatic carbocycles. The van der Waals surface area contributed by atoms with Gasteiger partial charge in [-0.2, -0.15) is 5.26 Å². The van der Waals surface area contributed by atoms with Gasteiger partial charge in [0.2, 0.25) is 0 Å². The summed E-state index contributed by atoms with van der Waals surface area (Å²) in [6, 6.07) is 16.6. The maximum absolute atomic E-state index is 9.68. The number of nitrogens with zero attached hydrogens (tertiary/aromatic N) is 2. The topological polar surface area (TPSA) is 61.7 Å².